The number of rotatable bonds is 7. The van der Waals surface area contributed by atoms with Crippen LogP contribution >= 0.6 is 23.1 Å². The molecule has 1 amide bonds. The smallest absolute Gasteiger partial charge is 0.445 e. The number of nitrogens with one attached hydrogen (secondary N) is 1. The molecule has 0 unspecified atom stereocenters. The summed E-state index contributed by atoms with van der Waals surface area (Å²) >= 11 is 1.31. The van der Waals surface area contributed by atoms with Crippen LogP contribution in [0.15, 0.2) is 59.8 Å². The third-order valence-corrected chi connectivity index (χ3v) is 6.14. The number of anilines is 1. The number of hydrogen-bond donors (Lipinski definition) is 2. The number of aromatic hydroxyl groups is 1. The van der Waals surface area contributed by atoms with Gasteiger partial charge < -0.3 is 5.11 Å². The van der Waals surface area contributed by atoms with Crippen molar-refractivity contribution in [2.45, 2.75) is 17.9 Å². The van der Waals surface area contributed by atoms with Crippen molar-refractivity contribution in [3.05, 3.63) is 65.2 Å². The molecule has 0 radical (unpaired) electrons. The molecule has 0 fully saturated rings. The number of alkyl halides is 3. The molecular weight excluding hydrogens is 477 g/mol. The quantitative estimate of drug-likeness (QED) is 0.371. The van der Waals surface area contributed by atoms with Crippen molar-refractivity contribution in [1.29, 1.82) is 0 Å². The summed E-state index contributed by atoms with van der Waals surface area (Å²) in [5.74, 6) is -0.262. The number of phenols is 1. The lowest BCUT2D eigenvalue weighted by molar-refractivity contribution is -0.138. The molecule has 0 saturated heterocycles. The van der Waals surface area contributed by atoms with Crippen LogP contribution in [0, 0.1) is 0 Å². The topological polar surface area (TPSA) is 106 Å². The van der Waals surface area contributed by atoms with Gasteiger partial charge in [0, 0.05) is 0 Å². The number of thioether (sulfide) groups is 1. The molecule has 0 aliphatic heterocycles. The predicted octanol–water partition coefficient (Wildman–Crippen LogP) is 4.30. The number of aromatic nitrogens is 5. The summed E-state index contributed by atoms with van der Waals surface area (Å²) in [5.41, 5.74) is 1.43. The molecule has 4 rings (SSSR count). The van der Waals surface area contributed by atoms with Crippen molar-refractivity contribution >= 4 is 34.1 Å². The molecule has 0 saturated carbocycles. The van der Waals surface area contributed by atoms with Crippen LogP contribution in [0.1, 0.15) is 10.6 Å². The van der Waals surface area contributed by atoms with Crippen molar-refractivity contribution in [1.82, 2.24) is 25.0 Å². The molecule has 4 aromatic rings. The fourth-order valence-electron chi connectivity index (χ4n) is 2.84. The van der Waals surface area contributed by atoms with Gasteiger partial charge in [-0.2, -0.15) is 13.2 Å². The molecule has 0 aliphatic carbocycles. The van der Waals surface area contributed by atoms with Gasteiger partial charge in [0.25, 0.3) is 0 Å². The second-order valence-corrected chi connectivity index (χ2v) is 8.56. The summed E-state index contributed by atoms with van der Waals surface area (Å²) in [5, 5.41) is 26.3. The zero-order chi connectivity index (χ0) is 23.4. The van der Waals surface area contributed by atoms with Gasteiger partial charge >= 0.3 is 6.18 Å². The first-order chi connectivity index (χ1) is 15.8. The van der Waals surface area contributed by atoms with E-state index in [9.17, 15) is 23.1 Å². The van der Waals surface area contributed by atoms with Gasteiger partial charge in [-0.3, -0.25) is 14.7 Å². The highest BCUT2D eigenvalue weighted by molar-refractivity contribution is 7.99. The third-order valence-electron chi connectivity index (χ3n) is 4.29. The maximum Gasteiger partial charge on any atom is 0.445 e. The SMILES string of the molecule is O=C(CSc1nnc(-c2ccccc2O)n1Cc1ccccc1)Nc1nnc(C(F)(F)F)s1. The van der Waals surface area contributed by atoms with E-state index in [4.69, 9.17) is 0 Å². The highest BCUT2D eigenvalue weighted by Crippen LogP contribution is 2.33. The van der Waals surface area contributed by atoms with Crippen LogP contribution in [-0.2, 0) is 17.5 Å². The number of para-hydroxylation sites is 1. The molecule has 0 bridgehead atoms. The van der Waals surface area contributed by atoms with Gasteiger partial charge in [-0.05, 0) is 17.7 Å². The van der Waals surface area contributed by atoms with E-state index in [1.54, 1.807) is 22.8 Å². The molecule has 33 heavy (non-hydrogen) atoms. The average Bonchev–Trinajstić information content (AvgIpc) is 3.41. The Balaban J connectivity index is 1.53. The van der Waals surface area contributed by atoms with Crippen molar-refractivity contribution in [2.24, 2.45) is 0 Å². The zero-order valence-electron chi connectivity index (χ0n) is 16.7. The Hall–Kier alpha value is -3.45. The second kappa shape index (κ2) is 9.58. The van der Waals surface area contributed by atoms with Crippen LogP contribution < -0.4 is 5.32 Å². The standard InChI is InChI=1S/C20H15F3N6O2S2/c21-20(22,23)17-26-27-18(33-17)24-15(31)11-32-19-28-25-16(13-8-4-5-9-14(13)30)29(19)10-12-6-2-1-3-7-12/h1-9,30H,10-11H2,(H,24,27,31). The molecule has 2 N–H and O–H groups in total. The summed E-state index contributed by atoms with van der Waals surface area (Å²) in [6.07, 6.45) is -4.62. The average molecular weight is 493 g/mol. The predicted molar refractivity (Wildman–Crippen MR) is 117 cm³/mol. The maximum atomic E-state index is 12.7. The van der Waals surface area contributed by atoms with Gasteiger partial charge in [-0.25, -0.2) is 0 Å². The van der Waals surface area contributed by atoms with E-state index in [1.165, 1.54) is 6.07 Å². The van der Waals surface area contributed by atoms with E-state index >= 15 is 0 Å². The van der Waals surface area contributed by atoms with Crippen LogP contribution in [0.3, 0.4) is 0 Å². The lowest BCUT2D eigenvalue weighted by Gasteiger charge is -2.11. The van der Waals surface area contributed by atoms with Gasteiger partial charge in [0.05, 0.1) is 17.9 Å². The van der Waals surface area contributed by atoms with Crippen molar-refractivity contribution < 1.29 is 23.1 Å². The molecule has 0 spiro atoms. The van der Waals surface area contributed by atoms with E-state index in [2.05, 4.69) is 25.7 Å². The van der Waals surface area contributed by atoms with Gasteiger partial charge in [-0.15, -0.1) is 20.4 Å². The Morgan fingerprint density at radius 2 is 1.76 bits per heavy atom. The molecule has 2 heterocycles. The van der Waals surface area contributed by atoms with Crippen molar-refractivity contribution in [3.8, 4) is 17.1 Å². The largest absolute Gasteiger partial charge is 0.507 e. The summed E-state index contributed by atoms with van der Waals surface area (Å²) in [6.45, 7) is 0.382. The van der Waals surface area contributed by atoms with Gasteiger partial charge in [0.1, 0.15) is 5.75 Å². The number of phenolic OH excluding ortho intramolecular Hbond substituents is 1. The molecule has 170 valence electrons. The molecule has 0 aliphatic rings. The van der Waals surface area contributed by atoms with Crippen LogP contribution in [-0.4, -0.2) is 41.7 Å². The van der Waals surface area contributed by atoms with Crippen molar-refractivity contribution in [2.75, 3.05) is 11.1 Å². The number of carbonyl (C=O) groups is 1. The van der Waals surface area contributed by atoms with Crippen molar-refractivity contribution in [3.63, 3.8) is 0 Å². The number of hydrogen-bond acceptors (Lipinski definition) is 8. The summed E-state index contributed by atoms with van der Waals surface area (Å²) < 4.78 is 39.7. The first-order valence-electron chi connectivity index (χ1n) is 9.40. The van der Waals surface area contributed by atoms with E-state index in [0.717, 1.165) is 17.3 Å². The molecule has 8 nitrogen and oxygen atoms in total. The van der Waals surface area contributed by atoms with Crippen LogP contribution in [0.25, 0.3) is 11.4 Å². The highest BCUT2D eigenvalue weighted by Gasteiger charge is 2.35. The highest BCUT2D eigenvalue weighted by atomic mass is 32.2. The number of halogens is 3. The molecular formula is C20H15F3N6O2S2. The van der Waals surface area contributed by atoms with E-state index in [0.29, 0.717) is 23.1 Å². The Kier molecular flexibility index (Phi) is 6.60. The number of amides is 1. The zero-order valence-corrected chi connectivity index (χ0v) is 18.3. The van der Waals surface area contributed by atoms with Gasteiger partial charge in [-0.1, -0.05) is 65.6 Å². The lowest BCUT2D eigenvalue weighted by atomic mass is 10.1. The van der Waals surface area contributed by atoms with E-state index in [1.807, 2.05) is 30.3 Å². The van der Waals surface area contributed by atoms with Crippen LogP contribution in [0.4, 0.5) is 18.3 Å². The first kappa shape index (κ1) is 22.7. The normalized spacial score (nSPS) is 11.5. The first-order valence-corrected chi connectivity index (χ1v) is 11.2. The summed E-state index contributed by atoms with van der Waals surface area (Å²) in [7, 11) is 0. The summed E-state index contributed by atoms with van der Waals surface area (Å²) in [4.78, 5) is 12.3. The van der Waals surface area contributed by atoms with Crippen LogP contribution in [0.2, 0.25) is 0 Å². The monoisotopic (exact) mass is 492 g/mol. The van der Waals surface area contributed by atoms with E-state index < -0.39 is 17.1 Å². The molecule has 2 aromatic carbocycles. The second-order valence-electron chi connectivity index (χ2n) is 6.64. The summed E-state index contributed by atoms with van der Waals surface area (Å²) in [6, 6.07) is 16.2. The molecule has 2 aromatic heterocycles. The lowest BCUT2D eigenvalue weighted by Crippen LogP contribution is -2.14. The minimum absolute atomic E-state index is 0.0326. The third kappa shape index (κ3) is 5.49. The van der Waals surface area contributed by atoms with E-state index in [-0.39, 0.29) is 28.0 Å². The Morgan fingerprint density at radius 1 is 1.03 bits per heavy atom. The number of benzene rings is 2. The Morgan fingerprint density at radius 3 is 2.45 bits per heavy atom. The van der Waals surface area contributed by atoms with Gasteiger partial charge in [0.2, 0.25) is 16.0 Å². The Labute approximate surface area is 193 Å². The van der Waals surface area contributed by atoms with Crippen LogP contribution in [0.5, 0.6) is 5.75 Å². The fourth-order valence-corrected chi connectivity index (χ4v) is 4.20. The number of carbonyl (C=O) groups excluding carboxylic acids is 1. The molecule has 13 heteroatoms. The fraction of sp³-hybridized carbons (Fsp3) is 0.150. The Bertz CT molecular complexity index is 1260. The minimum Gasteiger partial charge on any atom is -0.507 e. The number of nitrogens with zero attached hydrogens (tertiary/aromatic N) is 5. The molecule has 0 atom stereocenters. The van der Waals surface area contributed by atoms with Gasteiger partial charge in [0.15, 0.2) is 11.0 Å². The maximum absolute atomic E-state index is 12.7. The minimum atomic E-state index is -4.62.